The Balaban J connectivity index is 2.24. The monoisotopic (exact) mass is 288 g/mol. The Kier molecular flexibility index (Phi) is 4.37. The molecule has 1 aliphatic rings. The third-order valence-electron chi connectivity index (χ3n) is 3.06. The normalized spacial score (nSPS) is 17.3. The first-order valence-electron chi connectivity index (χ1n) is 6.49. The second kappa shape index (κ2) is 6.21. The van der Waals surface area contributed by atoms with Gasteiger partial charge in [-0.1, -0.05) is 24.3 Å². The molecule has 0 fully saturated rings. The number of ether oxygens (including phenoxy) is 1. The van der Waals surface area contributed by atoms with Gasteiger partial charge in [0.2, 0.25) is 0 Å². The minimum absolute atomic E-state index is 0.0621. The van der Waals surface area contributed by atoms with E-state index < -0.39 is 4.92 Å². The Morgan fingerprint density at radius 2 is 2.19 bits per heavy atom. The fourth-order valence-electron chi connectivity index (χ4n) is 2.17. The molecule has 110 valence electrons. The molecule has 0 saturated carbocycles. The zero-order chi connectivity index (χ0) is 15.4. The highest BCUT2D eigenvalue weighted by molar-refractivity contribution is 5.66. The lowest BCUT2D eigenvalue weighted by Gasteiger charge is -2.21. The van der Waals surface area contributed by atoms with Crippen molar-refractivity contribution in [3.8, 4) is 0 Å². The summed E-state index contributed by atoms with van der Waals surface area (Å²) in [6.45, 7) is 3.40. The fourth-order valence-corrected chi connectivity index (χ4v) is 2.17. The summed E-state index contributed by atoms with van der Waals surface area (Å²) < 4.78 is 4.97. The van der Waals surface area contributed by atoms with Crippen LogP contribution in [0.3, 0.4) is 0 Å². The number of carbonyl (C=O) groups excluding carboxylic acids is 1. The van der Waals surface area contributed by atoms with Crippen LogP contribution in [0.5, 0.6) is 0 Å². The Bertz CT molecular complexity index is 634. The van der Waals surface area contributed by atoms with Crippen molar-refractivity contribution in [2.45, 2.75) is 19.8 Å². The lowest BCUT2D eigenvalue weighted by Crippen LogP contribution is -2.21. The summed E-state index contributed by atoms with van der Waals surface area (Å²) in [6.07, 6.45) is 3.87. The molecular formula is C15H16N2O4. The number of hydrogen-bond donors (Lipinski definition) is 1. The average Bonchev–Trinajstić information content (AvgIpc) is 2.44. The maximum atomic E-state index is 10.9. The number of nitrogens with one attached hydrogen (secondary N) is 1. The highest BCUT2D eigenvalue weighted by Gasteiger charge is 2.16. The molecule has 6 heteroatoms. The van der Waals surface area contributed by atoms with E-state index in [2.05, 4.69) is 5.32 Å². The predicted molar refractivity (Wildman–Crippen MR) is 77.4 cm³/mol. The lowest BCUT2D eigenvalue weighted by molar-refractivity contribution is -0.384. The number of non-ortho nitro benzene ring substituents is 1. The molecule has 0 radical (unpaired) electrons. The minimum Gasteiger partial charge on any atom is -0.459 e. The molecule has 1 aliphatic heterocycles. The molecule has 0 bridgehead atoms. The molecule has 2 rings (SSSR count). The summed E-state index contributed by atoms with van der Waals surface area (Å²) in [6, 6.07) is 6.52. The molecule has 21 heavy (non-hydrogen) atoms. The second-order valence-electron chi connectivity index (χ2n) is 4.82. The van der Waals surface area contributed by atoms with Crippen molar-refractivity contribution in [3.05, 3.63) is 63.5 Å². The van der Waals surface area contributed by atoms with Gasteiger partial charge in [0, 0.05) is 30.7 Å². The summed E-state index contributed by atoms with van der Waals surface area (Å²) in [7, 11) is 0. The first-order chi connectivity index (χ1) is 9.95. The van der Waals surface area contributed by atoms with Crippen LogP contribution in [0.15, 0.2) is 47.8 Å². The van der Waals surface area contributed by atoms with Gasteiger partial charge >= 0.3 is 5.97 Å². The van der Waals surface area contributed by atoms with Gasteiger partial charge < -0.3 is 10.1 Å². The standard InChI is InChI=1S/C15H16N2O4/c1-10-6-13(7-14(16-10)9-21-11(2)18)12-4-3-5-15(8-12)17(19)20/h3-8,13,16H,9H2,1-2H3. The number of benzene rings is 1. The van der Waals surface area contributed by atoms with E-state index in [0.29, 0.717) is 0 Å². The van der Waals surface area contributed by atoms with Crippen molar-refractivity contribution in [1.29, 1.82) is 0 Å². The topological polar surface area (TPSA) is 81.5 Å². The SMILES string of the molecule is CC(=O)OCC1=CC(c2cccc([N+](=O)[O-])c2)C=C(C)N1. The van der Waals surface area contributed by atoms with Crippen LogP contribution in [0, 0.1) is 10.1 Å². The second-order valence-corrected chi connectivity index (χ2v) is 4.82. The highest BCUT2D eigenvalue weighted by Crippen LogP contribution is 2.27. The van der Waals surface area contributed by atoms with Crippen LogP contribution >= 0.6 is 0 Å². The first kappa shape index (κ1) is 14.8. The Labute approximate surface area is 122 Å². The van der Waals surface area contributed by atoms with Crippen LogP contribution in [-0.2, 0) is 9.53 Å². The molecular weight excluding hydrogens is 272 g/mol. The van der Waals surface area contributed by atoms with E-state index in [1.807, 2.05) is 25.1 Å². The van der Waals surface area contributed by atoms with Crippen LogP contribution in [-0.4, -0.2) is 17.5 Å². The molecule has 1 aromatic carbocycles. The molecule has 0 aliphatic carbocycles. The van der Waals surface area contributed by atoms with Gasteiger partial charge in [0.05, 0.1) is 10.6 Å². The van der Waals surface area contributed by atoms with Crippen LogP contribution < -0.4 is 5.32 Å². The third kappa shape index (κ3) is 3.92. The zero-order valence-corrected chi connectivity index (χ0v) is 11.8. The van der Waals surface area contributed by atoms with E-state index in [1.54, 1.807) is 12.1 Å². The molecule has 0 amide bonds. The number of carbonyl (C=O) groups is 1. The predicted octanol–water partition coefficient (Wildman–Crippen LogP) is 2.63. The van der Waals surface area contributed by atoms with Crippen molar-refractivity contribution >= 4 is 11.7 Å². The van der Waals surface area contributed by atoms with Crippen LogP contribution in [0.25, 0.3) is 0 Å². The summed E-state index contributed by atoms with van der Waals surface area (Å²) in [5.74, 6) is -0.437. The fraction of sp³-hybridized carbons (Fsp3) is 0.267. The van der Waals surface area contributed by atoms with E-state index in [9.17, 15) is 14.9 Å². The lowest BCUT2D eigenvalue weighted by atomic mass is 9.94. The molecule has 0 aromatic heterocycles. The van der Waals surface area contributed by atoms with Crippen molar-refractivity contribution in [1.82, 2.24) is 5.32 Å². The molecule has 1 atom stereocenters. The number of nitro groups is 1. The number of nitro benzene ring substituents is 1. The molecule has 0 spiro atoms. The molecule has 1 aromatic rings. The first-order valence-corrected chi connectivity index (χ1v) is 6.49. The van der Waals surface area contributed by atoms with Crippen molar-refractivity contribution in [2.24, 2.45) is 0 Å². The number of allylic oxidation sites excluding steroid dienone is 3. The Morgan fingerprint density at radius 3 is 2.86 bits per heavy atom. The summed E-state index contributed by atoms with van der Waals surface area (Å²) in [5.41, 5.74) is 2.57. The average molecular weight is 288 g/mol. The van der Waals surface area contributed by atoms with E-state index in [1.165, 1.54) is 13.0 Å². The molecule has 0 saturated heterocycles. The van der Waals surface area contributed by atoms with Crippen molar-refractivity contribution in [3.63, 3.8) is 0 Å². The highest BCUT2D eigenvalue weighted by atomic mass is 16.6. The van der Waals surface area contributed by atoms with E-state index in [-0.39, 0.29) is 24.2 Å². The van der Waals surface area contributed by atoms with E-state index in [0.717, 1.165) is 17.0 Å². The van der Waals surface area contributed by atoms with Gasteiger partial charge in [0.1, 0.15) is 6.61 Å². The van der Waals surface area contributed by atoms with Gasteiger partial charge in [-0.05, 0) is 12.5 Å². The molecule has 1 N–H and O–H groups in total. The van der Waals surface area contributed by atoms with Gasteiger partial charge in [-0.25, -0.2) is 0 Å². The summed E-state index contributed by atoms with van der Waals surface area (Å²) in [4.78, 5) is 21.3. The summed E-state index contributed by atoms with van der Waals surface area (Å²) in [5, 5.41) is 14.0. The summed E-state index contributed by atoms with van der Waals surface area (Å²) >= 11 is 0. The Hall–Kier alpha value is -2.63. The maximum Gasteiger partial charge on any atom is 0.303 e. The quantitative estimate of drug-likeness (QED) is 0.523. The van der Waals surface area contributed by atoms with Crippen LogP contribution in [0.2, 0.25) is 0 Å². The van der Waals surface area contributed by atoms with Crippen LogP contribution in [0.4, 0.5) is 5.69 Å². The number of dihydropyridines is 1. The number of hydrogen-bond acceptors (Lipinski definition) is 5. The molecule has 1 unspecified atom stereocenters. The van der Waals surface area contributed by atoms with Gasteiger partial charge in [-0.15, -0.1) is 0 Å². The molecule has 1 heterocycles. The molecule has 6 nitrogen and oxygen atoms in total. The number of nitrogens with zero attached hydrogens (tertiary/aromatic N) is 1. The van der Waals surface area contributed by atoms with Crippen molar-refractivity contribution < 1.29 is 14.5 Å². The van der Waals surface area contributed by atoms with Gasteiger partial charge in [0.25, 0.3) is 5.69 Å². The van der Waals surface area contributed by atoms with Crippen LogP contribution in [0.1, 0.15) is 25.3 Å². The smallest absolute Gasteiger partial charge is 0.303 e. The van der Waals surface area contributed by atoms with E-state index >= 15 is 0 Å². The maximum absolute atomic E-state index is 10.9. The Morgan fingerprint density at radius 1 is 1.43 bits per heavy atom. The zero-order valence-electron chi connectivity index (χ0n) is 11.8. The van der Waals surface area contributed by atoms with Gasteiger partial charge in [0.15, 0.2) is 0 Å². The van der Waals surface area contributed by atoms with Gasteiger partial charge in [-0.3, -0.25) is 14.9 Å². The largest absolute Gasteiger partial charge is 0.459 e. The number of rotatable bonds is 4. The van der Waals surface area contributed by atoms with E-state index in [4.69, 9.17) is 4.74 Å². The van der Waals surface area contributed by atoms with Gasteiger partial charge in [-0.2, -0.15) is 0 Å². The third-order valence-corrected chi connectivity index (χ3v) is 3.06. The van der Waals surface area contributed by atoms with Crippen molar-refractivity contribution in [2.75, 3.05) is 6.61 Å². The number of esters is 1. The minimum atomic E-state index is -0.412.